The van der Waals surface area contributed by atoms with Gasteiger partial charge in [0.05, 0.1) is 24.6 Å². The summed E-state index contributed by atoms with van der Waals surface area (Å²) in [6.07, 6.45) is -3.78. The van der Waals surface area contributed by atoms with Crippen molar-refractivity contribution in [2.45, 2.75) is 56.7 Å². The summed E-state index contributed by atoms with van der Waals surface area (Å²) in [6.45, 7) is 4.17. The van der Waals surface area contributed by atoms with Crippen LogP contribution < -0.4 is 16.0 Å². The second-order valence-corrected chi connectivity index (χ2v) is 12.1. The van der Waals surface area contributed by atoms with Gasteiger partial charge in [0.1, 0.15) is 6.10 Å². The summed E-state index contributed by atoms with van der Waals surface area (Å²) in [7, 11) is 0. The Morgan fingerprint density at radius 2 is 1.68 bits per heavy atom. The zero-order chi connectivity index (χ0) is 35.4. The van der Waals surface area contributed by atoms with Crippen LogP contribution in [0.5, 0.6) is 0 Å². The van der Waals surface area contributed by atoms with Crippen LogP contribution in [-0.4, -0.2) is 84.3 Å². The Morgan fingerprint density at radius 1 is 1.00 bits per heavy atom. The van der Waals surface area contributed by atoms with Crippen LogP contribution in [0.2, 0.25) is 0 Å². The Labute approximate surface area is 284 Å². The number of rotatable bonds is 12. The third-order valence-electron chi connectivity index (χ3n) is 8.58. The van der Waals surface area contributed by atoms with Gasteiger partial charge in [0.25, 0.3) is 0 Å². The zero-order valence-corrected chi connectivity index (χ0v) is 27.2. The van der Waals surface area contributed by atoms with E-state index in [1.54, 1.807) is 17.7 Å². The van der Waals surface area contributed by atoms with Crippen LogP contribution in [-0.2, 0) is 14.3 Å². The molecule has 0 aliphatic heterocycles. The number of aliphatic hydroxyl groups is 1. The van der Waals surface area contributed by atoms with E-state index in [2.05, 4.69) is 36.0 Å². The standard InChI is InChI=1S/C34H36F3N9O4/c1-20-16-42-46(18-20)26-15-25(28(48)29(26)50-32(49)34(35,36)37)45-19-41-27-30(43-33(44-31(27)45)39-14-13-38-21(2)47)40-17-24(22-9-5-3-6-10-22)23-11-7-4-8-12-23/h3-12,16,18-19,24-26,28-29,48H,13-15,17H2,1-2H3,(H,38,47)(H2,39,40,43,44)/t25-,26+,28+,29-/m1/s1. The average molecular weight is 692 g/mol. The summed E-state index contributed by atoms with van der Waals surface area (Å²) in [5, 5.41) is 24.9. The summed E-state index contributed by atoms with van der Waals surface area (Å²) in [6, 6.07) is 18.1. The molecule has 0 saturated heterocycles. The number of aromatic nitrogens is 6. The maximum Gasteiger partial charge on any atom is 0.490 e. The molecule has 13 nitrogen and oxygen atoms in total. The molecule has 2 aromatic carbocycles. The number of nitrogens with one attached hydrogen (secondary N) is 3. The molecule has 6 rings (SSSR count). The highest BCUT2D eigenvalue weighted by atomic mass is 19.4. The average Bonchev–Trinajstić information content (AvgIpc) is 3.80. The summed E-state index contributed by atoms with van der Waals surface area (Å²) < 4.78 is 47.7. The Bertz CT molecular complexity index is 1900. The summed E-state index contributed by atoms with van der Waals surface area (Å²) in [4.78, 5) is 37.3. The van der Waals surface area contributed by atoms with Crippen LogP contribution in [0.3, 0.4) is 0 Å². The first kappa shape index (κ1) is 34.4. The number of nitrogens with zero attached hydrogens (tertiary/aromatic N) is 6. The van der Waals surface area contributed by atoms with Gasteiger partial charge in [-0.05, 0) is 30.0 Å². The van der Waals surface area contributed by atoms with E-state index in [0.29, 0.717) is 24.4 Å². The number of aryl methyl sites for hydroxylation is 1. The van der Waals surface area contributed by atoms with E-state index in [1.165, 1.54) is 24.1 Å². The minimum atomic E-state index is -5.26. The number of alkyl halides is 3. The molecule has 0 unspecified atom stereocenters. The molecular formula is C34H36F3N9O4. The van der Waals surface area contributed by atoms with Gasteiger partial charge in [0.15, 0.2) is 23.1 Å². The first-order chi connectivity index (χ1) is 24.0. The highest BCUT2D eigenvalue weighted by Crippen LogP contribution is 2.42. The van der Waals surface area contributed by atoms with Crippen LogP contribution in [0, 0.1) is 6.92 Å². The number of amides is 1. The third kappa shape index (κ3) is 7.54. The fourth-order valence-electron chi connectivity index (χ4n) is 6.23. The number of hydrogen-bond acceptors (Lipinski definition) is 10. The molecule has 1 fully saturated rings. The van der Waals surface area contributed by atoms with Crippen molar-refractivity contribution < 1.29 is 32.6 Å². The highest BCUT2D eigenvalue weighted by molar-refractivity contribution is 5.84. The summed E-state index contributed by atoms with van der Waals surface area (Å²) in [5.41, 5.74) is 3.52. The maximum absolute atomic E-state index is 13.3. The zero-order valence-electron chi connectivity index (χ0n) is 27.2. The van der Waals surface area contributed by atoms with Gasteiger partial charge in [0, 0.05) is 38.7 Å². The Balaban J connectivity index is 1.36. The maximum atomic E-state index is 13.3. The van der Waals surface area contributed by atoms with Crippen LogP contribution >= 0.6 is 0 Å². The monoisotopic (exact) mass is 691 g/mol. The largest absolute Gasteiger partial charge is 0.490 e. The minimum absolute atomic E-state index is 0.0473. The van der Waals surface area contributed by atoms with Crippen molar-refractivity contribution in [3.05, 3.63) is 96.1 Å². The molecule has 4 atom stereocenters. The quantitative estimate of drug-likeness (QED) is 0.111. The Kier molecular flexibility index (Phi) is 9.99. The molecule has 3 aromatic heterocycles. The molecule has 5 aromatic rings. The fraction of sp³-hybridized carbons (Fsp3) is 0.353. The summed E-state index contributed by atoms with van der Waals surface area (Å²) >= 11 is 0. The number of halogens is 3. The molecule has 1 saturated carbocycles. The molecular weight excluding hydrogens is 655 g/mol. The number of imidazole rings is 1. The smallest absolute Gasteiger partial charge is 0.451 e. The van der Waals surface area contributed by atoms with Gasteiger partial charge in [-0.1, -0.05) is 60.7 Å². The first-order valence-electron chi connectivity index (χ1n) is 16.0. The van der Waals surface area contributed by atoms with Crippen molar-refractivity contribution in [2.75, 3.05) is 30.3 Å². The van der Waals surface area contributed by atoms with Crippen LogP contribution in [0.1, 0.15) is 48.0 Å². The SMILES string of the molecule is CC(=O)NCCNc1nc(NCC(c2ccccc2)c2ccccc2)c2ncn([C@@H]3C[C@H](n4cc(C)cn4)[C@@H](OC(=O)C(F)(F)F)[C@H]3O)c2n1. The minimum Gasteiger partial charge on any atom is -0.451 e. The lowest BCUT2D eigenvalue weighted by molar-refractivity contribution is -0.210. The van der Waals surface area contributed by atoms with Crippen molar-refractivity contribution in [1.82, 2.24) is 34.6 Å². The first-order valence-corrected chi connectivity index (χ1v) is 16.0. The summed E-state index contributed by atoms with van der Waals surface area (Å²) in [5.74, 6) is -2.11. The van der Waals surface area contributed by atoms with E-state index in [9.17, 15) is 27.9 Å². The fourth-order valence-corrected chi connectivity index (χ4v) is 6.23. The van der Waals surface area contributed by atoms with E-state index in [0.717, 1.165) is 16.7 Å². The number of carbonyl (C=O) groups is 2. The van der Waals surface area contributed by atoms with Gasteiger partial charge >= 0.3 is 12.1 Å². The van der Waals surface area contributed by atoms with E-state index in [-0.39, 0.29) is 36.4 Å². The number of esters is 1. The van der Waals surface area contributed by atoms with Gasteiger partial charge in [-0.15, -0.1) is 0 Å². The van der Waals surface area contributed by atoms with Crippen LogP contribution in [0.15, 0.2) is 79.4 Å². The predicted octanol–water partition coefficient (Wildman–Crippen LogP) is 4.14. The molecule has 16 heteroatoms. The predicted molar refractivity (Wildman–Crippen MR) is 177 cm³/mol. The van der Waals surface area contributed by atoms with Gasteiger partial charge in [0.2, 0.25) is 11.9 Å². The molecule has 0 spiro atoms. The lowest BCUT2D eigenvalue weighted by Crippen LogP contribution is -2.39. The second-order valence-electron chi connectivity index (χ2n) is 12.1. The van der Waals surface area contributed by atoms with Gasteiger partial charge < -0.3 is 30.4 Å². The van der Waals surface area contributed by atoms with Gasteiger partial charge in [-0.3, -0.25) is 9.48 Å². The number of aliphatic hydroxyl groups excluding tert-OH is 1. The number of fused-ring (bicyclic) bond motifs is 1. The molecule has 0 radical (unpaired) electrons. The molecule has 262 valence electrons. The molecule has 0 bridgehead atoms. The number of hydrogen-bond donors (Lipinski definition) is 4. The van der Waals surface area contributed by atoms with Gasteiger partial charge in [-0.25, -0.2) is 9.78 Å². The highest BCUT2D eigenvalue weighted by Gasteiger charge is 2.51. The number of ether oxygens (including phenoxy) is 1. The topological polar surface area (TPSA) is 161 Å². The van der Waals surface area contributed by atoms with E-state index in [4.69, 9.17) is 4.74 Å². The second kappa shape index (κ2) is 14.5. The van der Waals surface area contributed by atoms with E-state index in [1.807, 2.05) is 60.7 Å². The Hall–Kier alpha value is -5.51. The van der Waals surface area contributed by atoms with Crippen LogP contribution in [0.4, 0.5) is 24.9 Å². The van der Waals surface area contributed by atoms with Crippen molar-refractivity contribution >= 4 is 34.8 Å². The van der Waals surface area contributed by atoms with Crippen molar-refractivity contribution in [3.63, 3.8) is 0 Å². The molecule has 1 amide bonds. The number of benzene rings is 2. The Morgan fingerprint density at radius 3 is 2.28 bits per heavy atom. The van der Waals surface area contributed by atoms with Crippen LogP contribution in [0.25, 0.3) is 11.2 Å². The lowest BCUT2D eigenvalue weighted by Gasteiger charge is -2.24. The molecule has 1 aliphatic rings. The van der Waals surface area contributed by atoms with Crippen molar-refractivity contribution in [3.8, 4) is 0 Å². The molecule has 3 heterocycles. The van der Waals surface area contributed by atoms with Crippen molar-refractivity contribution in [2.24, 2.45) is 0 Å². The normalized spacial score (nSPS) is 19.1. The van der Waals surface area contributed by atoms with E-state index >= 15 is 0 Å². The lowest BCUT2D eigenvalue weighted by atomic mass is 9.91. The number of anilines is 2. The molecule has 50 heavy (non-hydrogen) atoms. The third-order valence-corrected chi connectivity index (χ3v) is 8.58. The van der Waals surface area contributed by atoms with Gasteiger partial charge in [-0.2, -0.15) is 28.2 Å². The number of carbonyl (C=O) groups excluding carboxylic acids is 2. The van der Waals surface area contributed by atoms with Crippen molar-refractivity contribution in [1.29, 1.82) is 0 Å². The molecule has 4 N–H and O–H groups in total. The molecule has 1 aliphatic carbocycles. The van der Waals surface area contributed by atoms with E-state index < -0.39 is 36.4 Å².